The van der Waals surface area contributed by atoms with Crippen LogP contribution in [0.2, 0.25) is 0 Å². The Bertz CT molecular complexity index is 1150. The highest BCUT2D eigenvalue weighted by molar-refractivity contribution is 5.90. The van der Waals surface area contributed by atoms with Gasteiger partial charge in [-0.1, -0.05) is 0 Å². The molecule has 1 fully saturated rings. The van der Waals surface area contributed by atoms with Crippen molar-refractivity contribution in [1.82, 2.24) is 24.5 Å². The van der Waals surface area contributed by atoms with Gasteiger partial charge in [0.15, 0.2) is 5.65 Å². The minimum Gasteiger partial charge on any atom is -0.406 e. The highest BCUT2D eigenvalue weighted by atomic mass is 19.4. The van der Waals surface area contributed by atoms with E-state index in [4.69, 9.17) is 5.73 Å². The Kier molecular flexibility index (Phi) is 5.40. The minimum atomic E-state index is -4.77. The van der Waals surface area contributed by atoms with Crippen LogP contribution in [0.25, 0.3) is 5.65 Å². The summed E-state index contributed by atoms with van der Waals surface area (Å²) < 4.78 is 42.7. The number of urea groups is 1. The van der Waals surface area contributed by atoms with E-state index in [1.165, 1.54) is 12.1 Å². The summed E-state index contributed by atoms with van der Waals surface area (Å²) in [6, 6.07) is 5.04. The number of fused-ring (bicyclic) bond motifs is 1. The summed E-state index contributed by atoms with van der Waals surface area (Å²) in [5.74, 6) is 0.333. The SMILES string of the molecule is Cc1cc(OC(F)(F)F)ccc1NC(=O)N1CCN(c2nc(N)nc3ccnn23)[C@@H](C)C1. The van der Waals surface area contributed by atoms with Gasteiger partial charge in [0.1, 0.15) is 5.75 Å². The Labute approximate surface area is 180 Å². The average Bonchev–Trinajstić information content (AvgIpc) is 3.16. The molecule has 10 nitrogen and oxygen atoms in total. The zero-order chi connectivity index (χ0) is 23.0. The van der Waals surface area contributed by atoms with Gasteiger partial charge in [0, 0.05) is 37.4 Å². The molecule has 0 unspecified atom stereocenters. The lowest BCUT2D eigenvalue weighted by atomic mass is 10.2. The first-order valence-corrected chi connectivity index (χ1v) is 9.77. The molecule has 13 heteroatoms. The molecule has 0 spiro atoms. The number of hydrogen-bond donors (Lipinski definition) is 2. The van der Waals surface area contributed by atoms with E-state index >= 15 is 0 Å². The van der Waals surface area contributed by atoms with Crippen molar-refractivity contribution in [3.8, 4) is 5.75 Å². The number of carbonyl (C=O) groups is 1. The van der Waals surface area contributed by atoms with Crippen molar-refractivity contribution in [3.05, 3.63) is 36.0 Å². The lowest BCUT2D eigenvalue weighted by Gasteiger charge is -2.40. The Balaban J connectivity index is 1.43. The van der Waals surface area contributed by atoms with Crippen LogP contribution in [0.3, 0.4) is 0 Å². The highest BCUT2D eigenvalue weighted by Crippen LogP contribution is 2.27. The van der Waals surface area contributed by atoms with Gasteiger partial charge >= 0.3 is 12.4 Å². The number of rotatable bonds is 3. The van der Waals surface area contributed by atoms with Crippen molar-refractivity contribution in [3.63, 3.8) is 0 Å². The predicted octanol–water partition coefficient (Wildman–Crippen LogP) is 2.66. The van der Waals surface area contributed by atoms with Gasteiger partial charge in [0.2, 0.25) is 11.9 Å². The first-order valence-electron chi connectivity index (χ1n) is 9.77. The fourth-order valence-electron chi connectivity index (χ4n) is 3.62. The molecule has 3 aromatic rings. The number of halogens is 3. The summed E-state index contributed by atoms with van der Waals surface area (Å²) >= 11 is 0. The molecule has 1 aliphatic heterocycles. The van der Waals surface area contributed by atoms with E-state index in [1.807, 2.05) is 11.8 Å². The number of anilines is 3. The number of nitrogens with two attached hydrogens (primary N) is 1. The first-order chi connectivity index (χ1) is 15.1. The number of amides is 2. The van der Waals surface area contributed by atoms with Crippen molar-refractivity contribution in [2.24, 2.45) is 0 Å². The molecule has 3 heterocycles. The van der Waals surface area contributed by atoms with Crippen LogP contribution in [0.15, 0.2) is 30.5 Å². The van der Waals surface area contributed by atoms with Crippen LogP contribution in [0.5, 0.6) is 5.75 Å². The molecule has 1 saturated heterocycles. The Hall–Kier alpha value is -3.77. The molecule has 32 heavy (non-hydrogen) atoms. The Morgan fingerprint density at radius 1 is 1.25 bits per heavy atom. The summed E-state index contributed by atoms with van der Waals surface area (Å²) in [5.41, 5.74) is 7.25. The third-order valence-electron chi connectivity index (χ3n) is 5.10. The number of nitrogens with zero attached hydrogens (tertiary/aromatic N) is 6. The third-order valence-corrected chi connectivity index (χ3v) is 5.10. The van der Waals surface area contributed by atoms with Crippen molar-refractivity contribution < 1.29 is 22.7 Å². The number of alkyl halides is 3. The molecule has 2 aromatic heterocycles. The Morgan fingerprint density at radius 2 is 2.03 bits per heavy atom. The fourth-order valence-corrected chi connectivity index (χ4v) is 3.62. The van der Waals surface area contributed by atoms with E-state index in [-0.39, 0.29) is 23.8 Å². The fraction of sp³-hybridized carbons (Fsp3) is 0.368. The summed E-state index contributed by atoms with van der Waals surface area (Å²) in [6.45, 7) is 4.82. The number of nitrogens with one attached hydrogen (secondary N) is 1. The van der Waals surface area contributed by atoms with Crippen LogP contribution >= 0.6 is 0 Å². The monoisotopic (exact) mass is 450 g/mol. The largest absolute Gasteiger partial charge is 0.573 e. The standard InChI is InChI=1S/C19H21F3N8O2/c1-11-9-13(32-19(20,21)22)3-4-14(11)25-18(31)28-7-8-29(12(2)10-28)17-27-16(23)26-15-5-6-24-30(15)17/h3-6,9,12H,7-8,10H2,1-2H3,(H2,23,26)(H,25,31)/t12-/m0/s1. The summed E-state index contributed by atoms with van der Waals surface area (Å²) in [4.78, 5) is 24.8. The van der Waals surface area contributed by atoms with E-state index in [1.54, 1.807) is 28.6 Å². The summed E-state index contributed by atoms with van der Waals surface area (Å²) in [5, 5.41) is 6.99. The maximum absolute atomic E-state index is 12.8. The molecule has 1 aliphatic rings. The molecule has 0 radical (unpaired) electrons. The van der Waals surface area contributed by atoms with E-state index in [2.05, 4.69) is 25.1 Å². The molecular formula is C19H21F3N8O2. The molecule has 0 saturated carbocycles. The average molecular weight is 450 g/mol. The lowest BCUT2D eigenvalue weighted by molar-refractivity contribution is -0.274. The van der Waals surface area contributed by atoms with Gasteiger partial charge in [0.25, 0.3) is 0 Å². The number of hydrogen-bond acceptors (Lipinski definition) is 7. The molecular weight excluding hydrogens is 429 g/mol. The van der Waals surface area contributed by atoms with Gasteiger partial charge in [-0.15, -0.1) is 13.2 Å². The van der Waals surface area contributed by atoms with Crippen molar-refractivity contribution in [1.29, 1.82) is 0 Å². The second-order valence-electron chi connectivity index (χ2n) is 7.43. The van der Waals surface area contributed by atoms with Crippen LogP contribution in [-0.4, -0.2) is 62.6 Å². The minimum absolute atomic E-state index is 0.0974. The van der Waals surface area contributed by atoms with E-state index in [0.29, 0.717) is 42.5 Å². The maximum Gasteiger partial charge on any atom is 0.573 e. The van der Waals surface area contributed by atoms with Crippen molar-refractivity contribution in [2.45, 2.75) is 26.3 Å². The van der Waals surface area contributed by atoms with Crippen molar-refractivity contribution >= 4 is 29.3 Å². The van der Waals surface area contributed by atoms with Crippen LogP contribution < -0.4 is 20.7 Å². The normalized spacial score (nSPS) is 17.0. The van der Waals surface area contributed by atoms with Crippen LogP contribution in [0.4, 0.5) is 35.5 Å². The lowest BCUT2D eigenvalue weighted by Crippen LogP contribution is -2.55. The number of nitrogen functional groups attached to an aromatic ring is 1. The second-order valence-corrected chi connectivity index (χ2v) is 7.43. The van der Waals surface area contributed by atoms with Gasteiger partial charge in [-0.25, -0.2) is 4.79 Å². The number of benzene rings is 1. The third kappa shape index (κ3) is 4.45. The molecule has 170 valence electrons. The van der Waals surface area contributed by atoms with Gasteiger partial charge in [-0.3, -0.25) is 0 Å². The van der Waals surface area contributed by atoms with Gasteiger partial charge < -0.3 is 25.6 Å². The van der Waals surface area contributed by atoms with E-state index in [9.17, 15) is 18.0 Å². The van der Waals surface area contributed by atoms with Gasteiger partial charge in [0.05, 0.1) is 6.20 Å². The summed E-state index contributed by atoms with van der Waals surface area (Å²) in [7, 11) is 0. The zero-order valence-corrected chi connectivity index (χ0v) is 17.3. The smallest absolute Gasteiger partial charge is 0.406 e. The number of carbonyl (C=O) groups excluding carboxylic acids is 1. The molecule has 1 atom stereocenters. The highest BCUT2D eigenvalue weighted by Gasteiger charge is 2.32. The first kappa shape index (κ1) is 21.5. The topological polar surface area (TPSA) is 114 Å². The zero-order valence-electron chi connectivity index (χ0n) is 17.3. The molecule has 3 N–H and O–H groups in total. The molecule has 4 rings (SSSR count). The van der Waals surface area contributed by atoms with E-state index in [0.717, 1.165) is 6.07 Å². The van der Waals surface area contributed by atoms with Crippen LogP contribution in [0, 0.1) is 6.92 Å². The number of piperazine rings is 1. The van der Waals surface area contributed by atoms with Gasteiger partial charge in [-0.05, 0) is 37.6 Å². The molecule has 2 amide bonds. The molecule has 0 aliphatic carbocycles. The summed E-state index contributed by atoms with van der Waals surface area (Å²) in [6.07, 6.45) is -3.17. The maximum atomic E-state index is 12.8. The number of ether oxygens (including phenoxy) is 1. The number of aryl methyl sites for hydroxylation is 1. The van der Waals surface area contributed by atoms with Crippen LogP contribution in [-0.2, 0) is 0 Å². The van der Waals surface area contributed by atoms with Crippen LogP contribution in [0.1, 0.15) is 12.5 Å². The number of aromatic nitrogens is 4. The van der Waals surface area contributed by atoms with E-state index < -0.39 is 6.36 Å². The quantitative estimate of drug-likeness (QED) is 0.631. The van der Waals surface area contributed by atoms with Crippen molar-refractivity contribution in [2.75, 3.05) is 35.6 Å². The molecule has 0 bridgehead atoms. The Morgan fingerprint density at radius 3 is 2.72 bits per heavy atom. The van der Waals surface area contributed by atoms with Gasteiger partial charge in [-0.2, -0.15) is 19.6 Å². The second kappa shape index (κ2) is 8.05. The molecule has 1 aromatic carbocycles. The predicted molar refractivity (Wildman–Crippen MR) is 110 cm³/mol.